The molecule has 0 unspecified atom stereocenters. The van der Waals surface area contributed by atoms with Crippen molar-refractivity contribution in [1.82, 2.24) is 0 Å². The zero-order chi connectivity index (χ0) is 10.0. The maximum absolute atomic E-state index is 13.1. The van der Waals surface area contributed by atoms with Crippen LogP contribution in [0.5, 0.6) is 0 Å². The second kappa shape index (κ2) is 5.89. The zero-order valence-corrected chi connectivity index (χ0v) is 11.8. The summed E-state index contributed by atoms with van der Waals surface area (Å²) in [6.45, 7) is 8.33. The molecule has 0 heterocycles. The normalized spacial score (nSPS) is 10.5. The van der Waals surface area contributed by atoms with E-state index in [2.05, 4.69) is 33.8 Å². The van der Waals surface area contributed by atoms with E-state index in [4.69, 9.17) is 0 Å². The summed E-state index contributed by atoms with van der Waals surface area (Å²) in [6.07, 6.45) is 0. The number of halogens is 1. The second-order valence-corrected chi connectivity index (χ2v) is 4.13. The second-order valence-electron chi connectivity index (χ2n) is 4.13. The van der Waals surface area contributed by atoms with Gasteiger partial charge in [-0.25, -0.2) is 4.39 Å². The van der Waals surface area contributed by atoms with Gasteiger partial charge in [0.25, 0.3) is 0 Å². The molecular weight excluding hydrogens is 186 g/mol. The van der Waals surface area contributed by atoms with Crippen LogP contribution in [-0.4, -0.2) is 0 Å². The molecule has 0 radical (unpaired) electrons. The SMILES string of the molecule is CC(C)c1cc(F)cc(C(C)C)c1.[H-].[Na+]. The third-order valence-electron chi connectivity index (χ3n) is 2.28. The number of rotatable bonds is 2. The van der Waals surface area contributed by atoms with E-state index in [1.165, 1.54) is 0 Å². The Morgan fingerprint density at radius 2 is 1.29 bits per heavy atom. The van der Waals surface area contributed by atoms with Crippen LogP contribution < -0.4 is 29.6 Å². The first-order valence-corrected chi connectivity index (χ1v) is 4.81. The molecule has 0 fully saturated rings. The predicted octanol–water partition coefficient (Wildman–Crippen LogP) is 1.19. The van der Waals surface area contributed by atoms with E-state index in [0.717, 1.165) is 11.1 Å². The van der Waals surface area contributed by atoms with Gasteiger partial charge >= 0.3 is 29.6 Å². The molecule has 2 heteroatoms. The molecule has 0 N–H and O–H groups in total. The zero-order valence-electron chi connectivity index (χ0n) is 10.8. The predicted molar refractivity (Wildman–Crippen MR) is 55.7 cm³/mol. The molecule has 74 valence electrons. The Kier molecular flexibility index (Phi) is 5.96. The van der Waals surface area contributed by atoms with Crippen LogP contribution in [-0.2, 0) is 0 Å². The Labute approximate surface area is 110 Å². The van der Waals surface area contributed by atoms with Crippen LogP contribution in [0.1, 0.15) is 52.1 Å². The van der Waals surface area contributed by atoms with Gasteiger partial charge in [-0.2, -0.15) is 0 Å². The molecule has 0 spiro atoms. The molecular formula is C12H18FNa. The molecule has 0 aliphatic carbocycles. The molecule has 0 amide bonds. The largest absolute Gasteiger partial charge is 1.00 e. The molecule has 0 nitrogen and oxygen atoms in total. The Bertz CT molecular complexity index is 271. The van der Waals surface area contributed by atoms with Crippen molar-refractivity contribution in [2.24, 2.45) is 0 Å². The molecule has 1 aromatic rings. The molecule has 14 heavy (non-hydrogen) atoms. The molecule has 0 aliphatic rings. The maximum atomic E-state index is 13.1. The quantitative estimate of drug-likeness (QED) is 0.635. The fourth-order valence-electron chi connectivity index (χ4n) is 1.30. The van der Waals surface area contributed by atoms with Gasteiger partial charge in [-0.1, -0.05) is 33.8 Å². The fourth-order valence-corrected chi connectivity index (χ4v) is 1.30. The maximum Gasteiger partial charge on any atom is 1.00 e. The summed E-state index contributed by atoms with van der Waals surface area (Å²) in [5.74, 6) is 0.677. The Hall–Kier alpha value is 0.150. The smallest absolute Gasteiger partial charge is 1.00 e. The van der Waals surface area contributed by atoms with Gasteiger partial charge in [0.1, 0.15) is 5.82 Å². The average molecular weight is 204 g/mol. The van der Waals surface area contributed by atoms with E-state index in [1.807, 2.05) is 0 Å². The van der Waals surface area contributed by atoms with E-state index in [-0.39, 0.29) is 36.8 Å². The third kappa shape index (κ3) is 3.72. The summed E-state index contributed by atoms with van der Waals surface area (Å²) < 4.78 is 13.1. The molecule has 0 saturated heterocycles. The minimum atomic E-state index is -0.116. The summed E-state index contributed by atoms with van der Waals surface area (Å²) in [4.78, 5) is 0. The van der Waals surface area contributed by atoms with Crippen LogP contribution in [0.4, 0.5) is 4.39 Å². The van der Waals surface area contributed by atoms with E-state index >= 15 is 0 Å². The van der Waals surface area contributed by atoms with Crippen molar-refractivity contribution in [2.75, 3.05) is 0 Å². The summed E-state index contributed by atoms with van der Waals surface area (Å²) >= 11 is 0. The molecule has 0 aliphatic heterocycles. The van der Waals surface area contributed by atoms with E-state index in [0.29, 0.717) is 11.8 Å². The van der Waals surface area contributed by atoms with Gasteiger partial charge in [-0.05, 0) is 35.1 Å². The molecule has 0 atom stereocenters. The summed E-state index contributed by atoms with van der Waals surface area (Å²) in [5, 5.41) is 0. The number of benzene rings is 1. The van der Waals surface area contributed by atoms with Gasteiger partial charge in [0.2, 0.25) is 0 Å². The molecule has 0 aromatic heterocycles. The standard InChI is InChI=1S/C12H17F.Na.H/c1-8(2)10-5-11(9(3)4)7-12(13)6-10;;/h5-9H,1-4H3;;/q;+1;-1. The third-order valence-corrected chi connectivity index (χ3v) is 2.28. The minimum Gasteiger partial charge on any atom is -1.00 e. The van der Waals surface area contributed by atoms with E-state index in [9.17, 15) is 4.39 Å². The van der Waals surface area contributed by atoms with Crippen molar-refractivity contribution in [2.45, 2.75) is 39.5 Å². The molecule has 1 rings (SSSR count). The topological polar surface area (TPSA) is 0 Å². The molecule has 0 saturated carbocycles. The fraction of sp³-hybridized carbons (Fsp3) is 0.500. The van der Waals surface area contributed by atoms with Gasteiger partial charge in [0.15, 0.2) is 0 Å². The van der Waals surface area contributed by atoms with Crippen LogP contribution in [0.2, 0.25) is 0 Å². The van der Waals surface area contributed by atoms with Gasteiger partial charge in [0, 0.05) is 0 Å². The van der Waals surface area contributed by atoms with Crippen molar-refractivity contribution in [3.63, 3.8) is 0 Å². The average Bonchev–Trinajstić information content (AvgIpc) is 2.03. The van der Waals surface area contributed by atoms with Crippen molar-refractivity contribution in [1.29, 1.82) is 0 Å². The van der Waals surface area contributed by atoms with Crippen LogP contribution >= 0.6 is 0 Å². The first kappa shape index (κ1) is 14.2. The van der Waals surface area contributed by atoms with Gasteiger partial charge in [-0.15, -0.1) is 0 Å². The van der Waals surface area contributed by atoms with Crippen molar-refractivity contribution < 1.29 is 35.4 Å². The molecule has 0 bridgehead atoms. The Morgan fingerprint density at radius 1 is 0.929 bits per heavy atom. The van der Waals surface area contributed by atoms with Crippen LogP contribution in [0.15, 0.2) is 18.2 Å². The van der Waals surface area contributed by atoms with Crippen LogP contribution in [0.25, 0.3) is 0 Å². The van der Waals surface area contributed by atoms with Gasteiger partial charge in [0.05, 0.1) is 0 Å². The number of hydrogen-bond donors (Lipinski definition) is 0. The first-order chi connectivity index (χ1) is 6.00. The van der Waals surface area contributed by atoms with Crippen molar-refractivity contribution >= 4 is 0 Å². The summed E-state index contributed by atoms with van der Waals surface area (Å²) in [7, 11) is 0. The number of hydrogen-bond acceptors (Lipinski definition) is 0. The van der Waals surface area contributed by atoms with Gasteiger partial charge in [-0.3, -0.25) is 0 Å². The van der Waals surface area contributed by atoms with Crippen LogP contribution in [0.3, 0.4) is 0 Å². The van der Waals surface area contributed by atoms with Gasteiger partial charge < -0.3 is 1.43 Å². The van der Waals surface area contributed by atoms with Crippen molar-refractivity contribution in [3.8, 4) is 0 Å². The van der Waals surface area contributed by atoms with Crippen molar-refractivity contribution in [3.05, 3.63) is 35.1 Å². The molecule has 1 aromatic carbocycles. The Morgan fingerprint density at radius 3 is 1.57 bits per heavy atom. The summed E-state index contributed by atoms with van der Waals surface area (Å²) in [5.41, 5.74) is 2.17. The minimum absolute atomic E-state index is 0. The van der Waals surface area contributed by atoms with E-state index < -0.39 is 0 Å². The van der Waals surface area contributed by atoms with Crippen LogP contribution in [0, 0.1) is 5.82 Å². The Balaban J connectivity index is 0. The first-order valence-electron chi connectivity index (χ1n) is 4.81. The summed E-state index contributed by atoms with van der Waals surface area (Å²) in [6, 6.07) is 5.34. The monoisotopic (exact) mass is 204 g/mol. The van der Waals surface area contributed by atoms with E-state index in [1.54, 1.807) is 12.1 Å².